The van der Waals surface area contributed by atoms with Gasteiger partial charge in [-0.2, -0.15) is 4.31 Å². The molecule has 9 heteroatoms. The monoisotopic (exact) mass is 437 g/mol. The SMILES string of the molecule is CN(C)C(CNCC(=O)c1cccc(S(=O)(=O)N2CCOCC2)c1)c1cccs1. The van der Waals surface area contributed by atoms with E-state index in [4.69, 9.17) is 4.74 Å². The number of hydrogen-bond donors (Lipinski definition) is 1. The molecule has 1 aromatic carbocycles. The van der Waals surface area contributed by atoms with Crippen LogP contribution in [0.15, 0.2) is 46.7 Å². The zero-order valence-electron chi connectivity index (χ0n) is 16.7. The predicted molar refractivity (Wildman–Crippen MR) is 114 cm³/mol. The minimum Gasteiger partial charge on any atom is -0.379 e. The first-order chi connectivity index (χ1) is 13.9. The zero-order chi connectivity index (χ0) is 20.9. The standard InChI is InChI=1S/C20H27N3O4S2/c1-22(2)18(20-7-4-12-28-20)14-21-15-19(24)16-5-3-6-17(13-16)29(25,26)23-8-10-27-11-9-23/h3-7,12-13,18,21H,8-11,14-15H2,1-2H3. The van der Waals surface area contributed by atoms with Crippen molar-refractivity contribution in [2.75, 3.05) is 53.5 Å². The molecule has 0 aliphatic carbocycles. The van der Waals surface area contributed by atoms with Gasteiger partial charge < -0.3 is 15.0 Å². The fraction of sp³-hybridized carbons (Fsp3) is 0.450. The first kappa shape index (κ1) is 22.1. The van der Waals surface area contributed by atoms with Crippen molar-refractivity contribution in [3.05, 3.63) is 52.2 Å². The van der Waals surface area contributed by atoms with Gasteiger partial charge in [0.2, 0.25) is 10.0 Å². The number of rotatable bonds is 9. The number of ether oxygens (including phenoxy) is 1. The van der Waals surface area contributed by atoms with Crippen LogP contribution in [0.2, 0.25) is 0 Å². The Labute approximate surface area is 176 Å². The number of carbonyl (C=O) groups excluding carboxylic acids is 1. The maximum Gasteiger partial charge on any atom is 0.243 e. The van der Waals surface area contributed by atoms with Gasteiger partial charge in [0.15, 0.2) is 5.78 Å². The molecular weight excluding hydrogens is 410 g/mol. The summed E-state index contributed by atoms with van der Waals surface area (Å²) in [6.45, 7) is 2.22. The number of hydrogen-bond acceptors (Lipinski definition) is 7. The molecule has 0 spiro atoms. The molecular formula is C20H27N3O4S2. The number of nitrogens with one attached hydrogen (secondary N) is 1. The molecule has 0 saturated carbocycles. The number of thiophene rings is 1. The molecule has 158 valence electrons. The van der Waals surface area contributed by atoms with Crippen LogP contribution in [0.1, 0.15) is 21.3 Å². The number of benzene rings is 1. The van der Waals surface area contributed by atoms with Gasteiger partial charge in [-0.25, -0.2) is 8.42 Å². The van der Waals surface area contributed by atoms with Crippen LogP contribution >= 0.6 is 11.3 Å². The van der Waals surface area contributed by atoms with Gasteiger partial charge in [0.25, 0.3) is 0 Å². The Morgan fingerprint density at radius 3 is 2.66 bits per heavy atom. The zero-order valence-corrected chi connectivity index (χ0v) is 18.3. The third-order valence-electron chi connectivity index (χ3n) is 4.88. The van der Waals surface area contributed by atoms with Crippen LogP contribution in [0.3, 0.4) is 0 Å². The van der Waals surface area contributed by atoms with Crippen molar-refractivity contribution in [1.82, 2.24) is 14.5 Å². The maximum atomic E-state index is 12.8. The summed E-state index contributed by atoms with van der Waals surface area (Å²) in [6.07, 6.45) is 0. The van der Waals surface area contributed by atoms with E-state index >= 15 is 0 Å². The van der Waals surface area contributed by atoms with Gasteiger partial charge in [-0.05, 0) is 37.7 Å². The summed E-state index contributed by atoms with van der Waals surface area (Å²) in [5.41, 5.74) is 0.393. The topological polar surface area (TPSA) is 79.0 Å². The lowest BCUT2D eigenvalue weighted by atomic mass is 10.1. The van der Waals surface area contributed by atoms with E-state index in [9.17, 15) is 13.2 Å². The first-order valence-corrected chi connectivity index (χ1v) is 11.8. The molecule has 3 rings (SSSR count). The predicted octanol–water partition coefficient (Wildman–Crippen LogP) is 1.84. The minimum absolute atomic E-state index is 0.132. The number of likely N-dealkylation sites (N-methyl/N-ethyl adjacent to an activating group) is 1. The van der Waals surface area contributed by atoms with E-state index in [2.05, 4.69) is 16.3 Å². The number of carbonyl (C=O) groups is 1. The molecule has 1 aliphatic rings. The third kappa shape index (κ3) is 5.50. The summed E-state index contributed by atoms with van der Waals surface area (Å²) in [5.74, 6) is -0.132. The summed E-state index contributed by atoms with van der Waals surface area (Å²) < 4.78 is 32.3. The van der Waals surface area contributed by atoms with E-state index in [-0.39, 0.29) is 23.3 Å². The van der Waals surface area contributed by atoms with Crippen molar-refractivity contribution < 1.29 is 17.9 Å². The molecule has 1 aliphatic heterocycles. The maximum absolute atomic E-state index is 12.8. The number of sulfonamides is 1. The van der Waals surface area contributed by atoms with Crippen LogP contribution in [0.4, 0.5) is 0 Å². The largest absolute Gasteiger partial charge is 0.379 e. The highest BCUT2D eigenvalue weighted by Crippen LogP contribution is 2.22. The highest BCUT2D eigenvalue weighted by molar-refractivity contribution is 7.89. The lowest BCUT2D eigenvalue weighted by Gasteiger charge is -2.26. The molecule has 1 saturated heterocycles. The van der Waals surface area contributed by atoms with Crippen LogP contribution in [0.5, 0.6) is 0 Å². The van der Waals surface area contributed by atoms with E-state index in [0.717, 1.165) is 0 Å². The van der Waals surface area contributed by atoms with Crippen LogP contribution in [0, 0.1) is 0 Å². The van der Waals surface area contributed by atoms with Crippen molar-refractivity contribution in [3.63, 3.8) is 0 Å². The van der Waals surface area contributed by atoms with E-state index in [1.54, 1.807) is 23.5 Å². The highest BCUT2D eigenvalue weighted by Gasteiger charge is 2.27. The number of Topliss-reactive ketones (excluding diaryl/α,β-unsaturated/α-hetero) is 1. The summed E-state index contributed by atoms with van der Waals surface area (Å²) in [6, 6.07) is 10.6. The lowest BCUT2D eigenvalue weighted by molar-refractivity contribution is 0.0730. The van der Waals surface area contributed by atoms with Crippen molar-refractivity contribution in [1.29, 1.82) is 0 Å². The number of nitrogens with zero attached hydrogens (tertiary/aromatic N) is 2. The van der Waals surface area contributed by atoms with Crippen LogP contribution in [-0.2, 0) is 14.8 Å². The Kier molecular flexibility index (Phi) is 7.55. The van der Waals surface area contributed by atoms with Gasteiger partial charge in [0, 0.05) is 30.1 Å². The summed E-state index contributed by atoms with van der Waals surface area (Å²) in [4.78, 5) is 16.1. The molecule has 0 bridgehead atoms. The molecule has 1 atom stereocenters. The Hall–Kier alpha value is -1.62. The van der Waals surface area contributed by atoms with Crippen molar-refractivity contribution in [3.8, 4) is 0 Å². The molecule has 1 aromatic heterocycles. The first-order valence-electron chi connectivity index (χ1n) is 9.51. The summed E-state index contributed by atoms with van der Waals surface area (Å²) in [5, 5.41) is 5.25. The quantitative estimate of drug-likeness (QED) is 0.603. The Morgan fingerprint density at radius 1 is 1.24 bits per heavy atom. The number of ketones is 1. The van der Waals surface area contributed by atoms with E-state index in [1.807, 2.05) is 25.5 Å². The average molecular weight is 438 g/mol. The van der Waals surface area contributed by atoms with Gasteiger partial charge in [0.05, 0.1) is 30.7 Å². The number of morpholine rings is 1. The van der Waals surface area contributed by atoms with Crippen molar-refractivity contribution in [2.45, 2.75) is 10.9 Å². The molecule has 0 amide bonds. The molecule has 1 fully saturated rings. The second kappa shape index (κ2) is 9.92. The van der Waals surface area contributed by atoms with E-state index in [1.165, 1.54) is 21.3 Å². The molecule has 1 unspecified atom stereocenters. The molecule has 29 heavy (non-hydrogen) atoms. The van der Waals surface area contributed by atoms with Gasteiger partial charge in [0.1, 0.15) is 0 Å². The Morgan fingerprint density at radius 2 is 2.00 bits per heavy atom. The van der Waals surface area contributed by atoms with Crippen LogP contribution in [-0.4, -0.2) is 76.9 Å². The van der Waals surface area contributed by atoms with Gasteiger partial charge in [-0.15, -0.1) is 11.3 Å². The average Bonchev–Trinajstić information content (AvgIpc) is 3.26. The van der Waals surface area contributed by atoms with E-state index < -0.39 is 10.0 Å². The van der Waals surface area contributed by atoms with Crippen LogP contribution < -0.4 is 5.32 Å². The molecule has 2 heterocycles. The fourth-order valence-corrected chi connectivity index (χ4v) is 5.59. The Bertz CT molecular complexity index is 908. The second-order valence-corrected chi connectivity index (χ2v) is 10.0. The smallest absolute Gasteiger partial charge is 0.243 e. The minimum atomic E-state index is -3.62. The highest BCUT2D eigenvalue weighted by atomic mass is 32.2. The van der Waals surface area contributed by atoms with Crippen molar-refractivity contribution in [2.24, 2.45) is 0 Å². The molecule has 2 aromatic rings. The van der Waals surface area contributed by atoms with Gasteiger partial charge >= 0.3 is 0 Å². The van der Waals surface area contributed by atoms with E-state index in [0.29, 0.717) is 38.4 Å². The third-order valence-corrected chi connectivity index (χ3v) is 7.75. The lowest BCUT2D eigenvalue weighted by Crippen LogP contribution is -2.40. The second-order valence-electron chi connectivity index (χ2n) is 7.09. The normalized spacial score (nSPS) is 16.8. The fourth-order valence-electron chi connectivity index (χ4n) is 3.21. The molecule has 1 N–H and O–H groups in total. The van der Waals surface area contributed by atoms with Gasteiger partial charge in [-0.3, -0.25) is 4.79 Å². The molecule has 7 nitrogen and oxygen atoms in total. The van der Waals surface area contributed by atoms with Crippen molar-refractivity contribution >= 4 is 27.1 Å². The van der Waals surface area contributed by atoms with Crippen LogP contribution in [0.25, 0.3) is 0 Å². The summed E-state index contributed by atoms with van der Waals surface area (Å²) in [7, 11) is 0.398. The van der Waals surface area contributed by atoms with Gasteiger partial charge in [-0.1, -0.05) is 18.2 Å². The Balaban J connectivity index is 1.63. The summed E-state index contributed by atoms with van der Waals surface area (Å²) >= 11 is 1.69. The molecule has 0 radical (unpaired) electrons.